The normalized spacial score (nSPS) is 22.9. The molecule has 1 aliphatic heterocycles. The number of nitro benzene ring substituents is 1. The van der Waals surface area contributed by atoms with Crippen LogP contribution in [0, 0.1) is 10.1 Å². The molecule has 0 saturated carbocycles. The molecular weight excluding hydrogens is 282 g/mol. The summed E-state index contributed by atoms with van der Waals surface area (Å²) in [5.41, 5.74) is -0.707. The number of hydrogen-bond acceptors (Lipinski definition) is 5. The predicted molar refractivity (Wildman–Crippen MR) is 73.9 cm³/mol. The molecule has 1 aromatic rings. The maximum absolute atomic E-state index is 12.2. The summed E-state index contributed by atoms with van der Waals surface area (Å²) in [5.74, 6) is 0. The number of benzene rings is 1. The second-order valence-corrected chi connectivity index (χ2v) is 6.88. The summed E-state index contributed by atoms with van der Waals surface area (Å²) >= 11 is 0. The Hall–Kier alpha value is -1.51. The van der Waals surface area contributed by atoms with E-state index in [2.05, 4.69) is 10.0 Å². The number of sulfonamides is 1. The quantitative estimate of drug-likeness (QED) is 0.624. The van der Waals surface area contributed by atoms with Gasteiger partial charge in [-0.05, 0) is 32.4 Å². The van der Waals surface area contributed by atoms with Gasteiger partial charge in [-0.1, -0.05) is 12.1 Å². The third-order valence-corrected chi connectivity index (χ3v) is 4.91. The number of nitro groups is 1. The molecule has 1 fully saturated rings. The van der Waals surface area contributed by atoms with E-state index in [4.69, 9.17) is 0 Å². The highest BCUT2D eigenvalue weighted by Crippen LogP contribution is 2.24. The van der Waals surface area contributed by atoms with E-state index >= 15 is 0 Å². The van der Waals surface area contributed by atoms with Gasteiger partial charge in [0.05, 0.1) is 4.92 Å². The van der Waals surface area contributed by atoms with Crippen LogP contribution in [-0.4, -0.2) is 32.0 Å². The maximum Gasteiger partial charge on any atom is 0.289 e. The molecule has 1 aromatic carbocycles. The first-order valence-corrected chi connectivity index (χ1v) is 7.81. The summed E-state index contributed by atoms with van der Waals surface area (Å²) < 4.78 is 26.9. The molecule has 0 amide bonds. The molecular formula is C12H17N3O4S. The molecule has 2 rings (SSSR count). The van der Waals surface area contributed by atoms with Crippen molar-refractivity contribution >= 4 is 15.7 Å². The van der Waals surface area contributed by atoms with Crippen molar-refractivity contribution in [1.29, 1.82) is 0 Å². The van der Waals surface area contributed by atoms with E-state index in [1.165, 1.54) is 24.3 Å². The summed E-state index contributed by atoms with van der Waals surface area (Å²) in [6, 6.07) is 5.34. The van der Waals surface area contributed by atoms with Gasteiger partial charge in [0.15, 0.2) is 4.90 Å². The Morgan fingerprint density at radius 3 is 2.75 bits per heavy atom. The Balaban J connectivity index is 2.20. The molecule has 1 saturated heterocycles. The largest absolute Gasteiger partial charge is 0.310 e. The zero-order chi connectivity index (χ0) is 14.8. The van der Waals surface area contributed by atoms with Crippen LogP contribution in [0.15, 0.2) is 29.2 Å². The summed E-state index contributed by atoms with van der Waals surface area (Å²) in [7, 11) is -3.89. The zero-order valence-electron chi connectivity index (χ0n) is 11.1. The lowest BCUT2D eigenvalue weighted by molar-refractivity contribution is -0.387. The molecule has 20 heavy (non-hydrogen) atoms. The highest BCUT2D eigenvalue weighted by molar-refractivity contribution is 7.89. The fourth-order valence-electron chi connectivity index (χ4n) is 2.28. The van der Waals surface area contributed by atoms with E-state index in [0.29, 0.717) is 0 Å². The monoisotopic (exact) mass is 299 g/mol. The average Bonchev–Trinajstić information content (AvgIpc) is 2.84. The lowest BCUT2D eigenvalue weighted by atomic mass is 10.0. The van der Waals surface area contributed by atoms with Gasteiger partial charge >= 0.3 is 0 Å². The van der Waals surface area contributed by atoms with E-state index < -0.39 is 20.6 Å². The molecule has 1 aliphatic rings. The van der Waals surface area contributed by atoms with Crippen molar-refractivity contribution in [1.82, 2.24) is 10.0 Å². The molecule has 0 aliphatic carbocycles. The van der Waals surface area contributed by atoms with Gasteiger partial charge < -0.3 is 5.32 Å². The highest BCUT2D eigenvalue weighted by atomic mass is 32.2. The Morgan fingerprint density at radius 1 is 1.45 bits per heavy atom. The zero-order valence-corrected chi connectivity index (χ0v) is 11.9. The van der Waals surface area contributed by atoms with Crippen LogP contribution < -0.4 is 10.0 Å². The first-order valence-electron chi connectivity index (χ1n) is 6.32. The van der Waals surface area contributed by atoms with Crippen LogP contribution in [-0.2, 0) is 10.0 Å². The van der Waals surface area contributed by atoms with E-state index in [9.17, 15) is 18.5 Å². The van der Waals surface area contributed by atoms with Crippen molar-refractivity contribution in [3.8, 4) is 0 Å². The number of rotatable bonds is 5. The summed E-state index contributed by atoms with van der Waals surface area (Å²) in [6.45, 7) is 2.99. The van der Waals surface area contributed by atoms with Crippen molar-refractivity contribution in [2.75, 3.05) is 13.1 Å². The summed E-state index contributed by atoms with van der Waals surface area (Å²) in [4.78, 5) is 9.90. The summed E-state index contributed by atoms with van der Waals surface area (Å²) in [6.07, 6.45) is 1.86. The van der Waals surface area contributed by atoms with Crippen LogP contribution in [0.25, 0.3) is 0 Å². The molecule has 0 spiro atoms. The van der Waals surface area contributed by atoms with Crippen LogP contribution >= 0.6 is 0 Å². The first-order chi connectivity index (χ1) is 9.34. The van der Waals surface area contributed by atoms with Gasteiger partial charge in [0.25, 0.3) is 5.69 Å². The molecule has 110 valence electrons. The predicted octanol–water partition coefficient (Wildman–Crippen LogP) is 1.02. The topological polar surface area (TPSA) is 101 Å². The Kier molecular flexibility index (Phi) is 4.07. The standard InChI is InChI=1S/C12H17N3O4S/c1-12(7-4-8-13-12)9-14-20(18,19)11-6-3-2-5-10(11)15(16)17/h2-3,5-6,13-14H,4,7-9H2,1H3. The van der Waals surface area contributed by atoms with Gasteiger partial charge in [0.1, 0.15) is 0 Å². The lowest BCUT2D eigenvalue weighted by Crippen LogP contribution is -2.47. The highest BCUT2D eigenvalue weighted by Gasteiger charge is 2.31. The SMILES string of the molecule is CC1(CNS(=O)(=O)c2ccccc2[N+](=O)[O-])CCCN1. The Bertz CT molecular complexity index is 609. The molecule has 0 aromatic heterocycles. The van der Waals surface area contributed by atoms with E-state index in [1.54, 1.807) is 0 Å². The number of nitrogens with zero attached hydrogens (tertiary/aromatic N) is 1. The molecule has 8 heteroatoms. The second kappa shape index (κ2) is 5.47. The maximum atomic E-state index is 12.2. The van der Waals surface area contributed by atoms with Crippen LogP contribution in [0.1, 0.15) is 19.8 Å². The Labute approximate surface area is 117 Å². The fourth-order valence-corrected chi connectivity index (χ4v) is 3.61. The smallest absolute Gasteiger partial charge is 0.289 e. The number of hydrogen-bond donors (Lipinski definition) is 2. The number of para-hydroxylation sites is 1. The average molecular weight is 299 g/mol. The van der Waals surface area contributed by atoms with Crippen molar-refractivity contribution < 1.29 is 13.3 Å². The molecule has 1 atom stereocenters. The van der Waals surface area contributed by atoms with Gasteiger partial charge in [-0.15, -0.1) is 0 Å². The molecule has 1 unspecified atom stereocenters. The van der Waals surface area contributed by atoms with Gasteiger partial charge in [-0.2, -0.15) is 0 Å². The van der Waals surface area contributed by atoms with E-state index in [-0.39, 0.29) is 17.0 Å². The van der Waals surface area contributed by atoms with E-state index in [1.807, 2.05) is 6.92 Å². The van der Waals surface area contributed by atoms with Crippen molar-refractivity contribution in [2.24, 2.45) is 0 Å². The second-order valence-electron chi connectivity index (χ2n) is 5.14. The van der Waals surface area contributed by atoms with Crippen molar-refractivity contribution in [3.05, 3.63) is 34.4 Å². The minimum absolute atomic E-state index is 0.210. The fraction of sp³-hybridized carbons (Fsp3) is 0.500. The van der Waals surface area contributed by atoms with Crippen LogP contribution in [0.5, 0.6) is 0 Å². The molecule has 2 N–H and O–H groups in total. The van der Waals surface area contributed by atoms with Crippen molar-refractivity contribution in [3.63, 3.8) is 0 Å². The van der Waals surface area contributed by atoms with Crippen molar-refractivity contribution in [2.45, 2.75) is 30.2 Å². The first kappa shape index (κ1) is 14.9. The molecule has 0 bridgehead atoms. The lowest BCUT2D eigenvalue weighted by Gasteiger charge is -2.24. The minimum atomic E-state index is -3.89. The van der Waals surface area contributed by atoms with Gasteiger partial charge in [0.2, 0.25) is 10.0 Å². The molecule has 0 radical (unpaired) electrons. The summed E-state index contributed by atoms with van der Waals surface area (Å²) in [5, 5.41) is 14.1. The van der Waals surface area contributed by atoms with Gasteiger partial charge in [-0.3, -0.25) is 10.1 Å². The minimum Gasteiger partial charge on any atom is -0.310 e. The van der Waals surface area contributed by atoms with Crippen LogP contribution in [0.2, 0.25) is 0 Å². The van der Waals surface area contributed by atoms with Gasteiger partial charge in [0, 0.05) is 18.2 Å². The third kappa shape index (κ3) is 3.14. The van der Waals surface area contributed by atoms with E-state index in [0.717, 1.165) is 19.4 Å². The Morgan fingerprint density at radius 2 is 2.15 bits per heavy atom. The number of nitrogens with one attached hydrogen (secondary N) is 2. The molecule has 7 nitrogen and oxygen atoms in total. The van der Waals surface area contributed by atoms with Crippen LogP contribution in [0.3, 0.4) is 0 Å². The molecule has 1 heterocycles. The third-order valence-electron chi connectivity index (χ3n) is 3.46. The van der Waals surface area contributed by atoms with Crippen LogP contribution in [0.4, 0.5) is 5.69 Å². The van der Waals surface area contributed by atoms with Gasteiger partial charge in [-0.25, -0.2) is 13.1 Å².